The molecular weight excluding hydrogens is 430 g/mol. The molecule has 1 aromatic carbocycles. The molecule has 0 spiro atoms. The van der Waals surface area contributed by atoms with E-state index >= 15 is 0 Å². The molecule has 1 aliphatic carbocycles. The van der Waals surface area contributed by atoms with Crippen LogP contribution in [-0.2, 0) is 24.8 Å². The fourth-order valence-corrected chi connectivity index (χ4v) is 4.65. The van der Waals surface area contributed by atoms with E-state index in [1.165, 1.54) is 7.11 Å². The zero-order valence-electron chi connectivity index (χ0n) is 18.0. The van der Waals surface area contributed by atoms with Crippen molar-refractivity contribution in [1.29, 1.82) is 0 Å². The van der Waals surface area contributed by atoms with Gasteiger partial charge in [0.25, 0.3) is 5.91 Å². The van der Waals surface area contributed by atoms with Crippen molar-refractivity contribution in [2.45, 2.75) is 19.4 Å². The average Bonchev–Trinajstić information content (AvgIpc) is 3.38. The molecule has 2 heterocycles. The highest BCUT2D eigenvalue weighted by molar-refractivity contribution is 7.17. The Morgan fingerprint density at radius 1 is 1.34 bits per heavy atom. The second kappa shape index (κ2) is 8.91. The minimum atomic E-state index is -0.472. The van der Waals surface area contributed by atoms with E-state index in [2.05, 4.69) is 15.4 Å². The third kappa shape index (κ3) is 4.54. The maximum absolute atomic E-state index is 12.9. The van der Waals surface area contributed by atoms with Crippen LogP contribution in [0.15, 0.2) is 36.7 Å². The number of nitrogens with zero attached hydrogens (tertiary/aromatic N) is 4. The molecule has 0 saturated heterocycles. The number of rotatable bonds is 6. The lowest BCUT2D eigenvalue weighted by Gasteiger charge is -2.25. The van der Waals surface area contributed by atoms with E-state index in [-0.39, 0.29) is 24.0 Å². The molecule has 0 aliphatic heterocycles. The van der Waals surface area contributed by atoms with Crippen molar-refractivity contribution >= 4 is 34.1 Å². The summed E-state index contributed by atoms with van der Waals surface area (Å²) in [6.45, 7) is 0.420. The van der Waals surface area contributed by atoms with Crippen LogP contribution in [-0.4, -0.2) is 51.4 Å². The molecule has 0 bridgehead atoms. The predicted molar refractivity (Wildman–Crippen MR) is 119 cm³/mol. The predicted octanol–water partition coefficient (Wildman–Crippen LogP) is 2.54. The number of thiazole rings is 1. The van der Waals surface area contributed by atoms with Gasteiger partial charge in [-0.2, -0.15) is 5.10 Å². The number of Topliss-reactive ketones (excluding diaryl/α,β-unsaturated/α-hetero) is 1. The molecule has 4 rings (SSSR count). The van der Waals surface area contributed by atoms with Crippen molar-refractivity contribution in [2.24, 2.45) is 13.0 Å². The van der Waals surface area contributed by atoms with Gasteiger partial charge in [-0.25, -0.2) is 4.98 Å². The molecule has 32 heavy (non-hydrogen) atoms. The molecule has 2 aromatic heterocycles. The highest BCUT2D eigenvalue weighted by atomic mass is 32.1. The van der Waals surface area contributed by atoms with E-state index in [4.69, 9.17) is 4.74 Å². The van der Waals surface area contributed by atoms with Crippen LogP contribution in [0, 0.1) is 5.92 Å². The summed E-state index contributed by atoms with van der Waals surface area (Å²) in [5, 5.41) is 7.20. The Balaban J connectivity index is 1.44. The monoisotopic (exact) mass is 453 g/mol. The van der Waals surface area contributed by atoms with Crippen LogP contribution >= 0.6 is 11.3 Å². The first-order chi connectivity index (χ1) is 15.3. The number of amides is 2. The Hall–Kier alpha value is -3.53. The molecule has 1 atom stereocenters. The first-order valence-corrected chi connectivity index (χ1v) is 10.9. The van der Waals surface area contributed by atoms with Gasteiger partial charge in [-0.1, -0.05) is 17.4 Å². The lowest BCUT2D eigenvalue weighted by atomic mass is 9.89. The van der Waals surface area contributed by atoms with Gasteiger partial charge in [0.15, 0.2) is 10.9 Å². The molecule has 0 unspecified atom stereocenters. The number of aryl methyl sites for hydroxylation is 1. The van der Waals surface area contributed by atoms with Gasteiger partial charge in [0.2, 0.25) is 5.91 Å². The van der Waals surface area contributed by atoms with E-state index in [0.29, 0.717) is 40.0 Å². The largest absolute Gasteiger partial charge is 0.497 e. The zero-order valence-corrected chi connectivity index (χ0v) is 18.8. The summed E-state index contributed by atoms with van der Waals surface area (Å²) in [7, 11) is 5.07. The molecule has 2 amide bonds. The van der Waals surface area contributed by atoms with E-state index < -0.39 is 5.92 Å². The number of fused-ring (bicyclic) bond motifs is 1. The van der Waals surface area contributed by atoms with Crippen molar-refractivity contribution in [2.75, 3.05) is 19.5 Å². The lowest BCUT2D eigenvalue weighted by Crippen LogP contribution is -2.36. The number of aromatic nitrogens is 3. The smallest absolute Gasteiger partial charge is 0.257 e. The quantitative estimate of drug-likeness (QED) is 0.615. The molecular formula is C22H23N5O4S. The molecule has 10 heteroatoms. The van der Waals surface area contributed by atoms with Crippen molar-refractivity contribution in [3.8, 4) is 5.75 Å². The van der Waals surface area contributed by atoms with Gasteiger partial charge in [0.1, 0.15) is 5.75 Å². The number of hydrogen-bond acceptors (Lipinski definition) is 7. The first kappa shape index (κ1) is 21.7. The van der Waals surface area contributed by atoms with Crippen LogP contribution in [0.5, 0.6) is 5.75 Å². The zero-order chi connectivity index (χ0) is 22.8. The van der Waals surface area contributed by atoms with E-state index in [1.807, 2.05) is 13.2 Å². The highest BCUT2D eigenvalue weighted by Crippen LogP contribution is 2.33. The van der Waals surface area contributed by atoms with Gasteiger partial charge in [-0.15, -0.1) is 0 Å². The first-order valence-electron chi connectivity index (χ1n) is 10.0. The van der Waals surface area contributed by atoms with Gasteiger partial charge < -0.3 is 9.64 Å². The number of hydrogen-bond donors (Lipinski definition) is 1. The second-order valence-corrected chi connectivity index (χ2v) is 8.72. The van der Waals surface area contributed by atoms with Crippen LogP contribution in [0.1, 0.15) is 37.7 Å². The fourth-order valence-electron chi connectivity index (χ4n) is 3.71. The molecule has 1 aliphatic rings. The summed E-state index contributed by atoms with van der Waals surface area (Å²) >= 11 is 1.14. The molecule has 0 fully saturated rings. The van der Waals surface area contributed by atoms with Crippen molar-refractivity contribution in [3.63, 3.8) is 0 Å². The minimum absolute atomic E-state index is 0.109. The maximum atomic E-state index is 12.9. The second-order valence-electron chi connectivity index (χ2n) is 7.73. The number of methoxy groups -OCH3 is 1. The van der Waals surface area contributed by atoms with Gasteiger partial charge >= 0.3 is 0 Å². The Bertz CT molecular complexity index is 1180. The number of ether oxygens (including phenoxy) is 1. The van der Waals surface area contributed by atoms with Crippen LogP contribution in [0.25, 0.3) is 0 Å². The Labute approximate surface area is 189 Å². The SMILES string of the molecule is COc1cccc(C(=O)Nc2nc3c(s2)C(=O)C[C@@H](C(=O)N(C)Cc2cnn(C)c2)C3)c1. The number of carbonyl (C=O) groups is 3. The van der Waals surface area contributed by atoms with Gasteiger partial charge in [-0.3, -0.25) is 24.4 Å². The highest BCUT2D eigenvalue weighted by Gasteiger charge is 2.34. The van der Waals surface area contributed by atoms with Crippen molar-refractivity contribution in [3.05, 3.63) is 58.4 Å². The standard InChI is InChI=1S/C22H23N5O4S/c1-26(11-13-10-23-27(2)12-13)21(30)15-8-17-19(18(28)9-15)32-22(24-17)25-20(29)14-5-4-6-16(7-14)31-3/h4-7,10,12,15H,8-9,11H2,1-3H3,(H,24,25,29)/t15-/m0/s1. The van der Waals surface area contributed by atoms with Gasteiger partial charge in [-0.05, 0) is 18.2 Å². The van der Waals surface area contributed by atoms with Crippen LogP contribution in [0.2, 0.25) is 0 Å². The maximum Gasteiger partial charge on any atom is 0.257 e. The molecule has 1 N–H and O–H groups in total. The summed E-state index contributed by atoms with van der Waals surface area (Å²) in [6.07, 6.45) is 4.06. The Kier molecular flexibility index (Phi) is 6.04. The number of nitrogens with one attached hydrogen (secondary N) is 1. The van der Waals surface area contributed by atoms with E-state index in [1.54, 1.807) is 47.1 Å². The Morgan fingerprint density at radius 3 is 2.88 bits per heavy atom. The van der Waals surface area contributed by atoms with Crippen molar-refractivity contribution < 1.29 is 19.1 Å². The van der Waals surface area contributed by atoms with Crippen LogP contribution < -0.4 is 10.1 Å². The average molecular weight is 454 g/mol. The van der Waals surface area contributed by atoms with Gasteiger partial charge in [0, 0.05) is 50.8 Å². The van der Waals surface area contributed by atoms with Gasteiger partial charge in [0.05, 0.1) is 29.8 Å². The topological polar surface area (TPSA) is 106 Å². The lowest BCUT2D eigenvalue weighted by molar-refractivity contribution is -0.134. The van der Waals surface area contributed by atoms with Crippen molar-refractivity contribution in [1.82, 2.24) is 19.7 Å². The number of carbonyl (C=O) groups excluding carboxylic acids is 3. The summed E-state index contributed by atoms with van der Waals surface area (Å²) in [6, 6.07) is 6.77. The normalized spacial score (nSPS) is 15.2. The molecule has 0 saturated carbocycles. The summed E-state index contributed by atoms with van der Waals surface area (Å²) in [5.74, 6) is -0.475. The Morgan fingerprint density at radius 2 is 2.16 bits per heavy atom. The van der Waals surface area contributed by atoms with E-state index in [9.17, 15) is 14.4 Å². The third-order valence-corrected chi connectivity index (χ3v) is 6.33. The number of ketones is 1. The number of anilines is 1. The van der Waals surface area contributed by atoms with E-state index in [0.717, 1.165) is 16.9 Å². The van der Waals surface area contributed by atoms with Crippen LogP contribution in [0.3, 0.4) is 0 Å². The number of benzene rings is 1. The summed E-state index contributed by atoms with van der Waals surface area (Å²) in [4.78, 5) is 44.7. The molecule has 0 radical (unpaired) electrons. The third-order valence-electron chi connectivity index (χ3n) is 5.28. The summed E-state index contributed by atoms with van der Waals surface area (Å²) in [5.41, 5.74) is 1.90. The summed E-state index contributed by atoms with van der Waals surface area (Å²) < 4.78 is 6.83. The fraction of sp³-hybridized carbons (Fsp3) is 0.318. The molecule has 9 nitrogen and oxygen atoms in total. The van der Waals surface area contributed by atoms with Crippen LogP contribution in [0.4, 0.5) is 5.13 Å². The molecule has 3 aromatic rings. The minimum Gasteiger partial charge on any atom is -0.497 e. The molecule has 166 valence electrons.